The first-order valence-corrected chi connectivity index (χ1v) is 11.9. The summed E-state index contributed by atoms with van der Waals surface area (Å²) in [6.07, 6.45) is 7.84. The van der Waals surface area contributed by atoms with E-state index >= 15 is 0 Å². The van der Waals surface area contributed by atoms with Gasteiger partial charge in [-0.05, 0) is 80.8 Å². The highest BCUT2D eigenvalue weighted by Crippen LogP contribution is 2.61. The van der Waals surface area contributed by atoms with Crippen molar-refractivity contribution in [1.29, 1.82) is 0 Å². The SMILES string of the molecule is COc1ccccc1N1CCN(C(=O)C(=O)NC(C)C23CC4CC(CC(C4)C2)C3)CC1. The van der Waals surface area contributed by atoms with Crippen LogP contribution in [0.3, 0.4) is 0 Å². The molecule has 0 spiro atoms. The van der Waals surface area contributed by atoms with E-state index in [9.17, 15) is 9.59 Å². The highest BCUT2D eigenvalue weighted by Gasteiger charge is 2.53. The number of rotatable bonds is 4. The van der Waals surface area contributed by atoms with Gasteiger partial charge >= 0.3 is 11.8 Å². The van der Waals surface area contributed by atoms with Gasteiger partial charge in [-0.2, -0.15) is 0 Å². The molecule has 6 rings (SSSR count). The molecule has 0 aromatic heterocycles. The maximum atomic E-state index is 12.9. The molecule has 1 unspecified atom stereocenters. The van der Waals surface area contributed by atoms with Gasteiger partial charge in [-0.25, -0.2) is 0 Å². The van der Waals surface area contributed by atoms with Crippen molar-refractivity contribution >= 4 is 17.5 Å². The number of amides is 2. The summed E-state index contributed by atoms with van der Waals surface area (Å²) in [6.45, 7) is 4.64. The zero-order valence-electron chi connectivity index (χ0n) is 18.8. The number of hydrogen-bond donors (Lipinski definition) is 1. The second kappa shape index (κ2) is 8.03. The molecular formula is C25H35N3O3. The van der Waals surface area contributed by atoms with Crippen LogP contribution in [-0.2, 0) is 9.59 Å². The number of anilines is 1. The Bertz CT molecular complexity index is 811. The van der Waals surface area contributed by atoms with Crippen molar-refractivity contribution < 1.29 is 14.3 Å². The molecule has 0 radical (unpaired) electrons. The molecule has 1 saturated heterocycles. The molecule has 5 aliphatic rings. The topological polar surface area (TPSA) is 61.9 Å². The van der Waals surface area contributed by atoms with E-state index in [1.165, 1.54) is 38.5 Å². The average molecular weight is 426 g/mol. The summed E-state index contributed by atoms with van der Waals surface area (Å²) in [5.74, 6) is 2.55. The lowest BCUT2D eigenvalue weighted by Crippen LogP contribution is -2.58. The molecule has 1 aliphatic heterocycles. The summed E-state index contributed by atoms with van der Waals surface area (Å²) in [7, 11) is 1.67. The Morgan fingerprint density at radius 1 is 1.00 bits per heavy atom. The summed E-state index contributed by atoms with van der Waals surface area (Å²) in [5.41, 5.74) is 1.25. The molecule has 1 aromatic rings. The number of para-hydroxylation sites is 2. The van der Waals surface area contributed by atoms with Gasteiger partial charge in [-0.3, -0.25) is 9.59 Å². The third-order valence-corrected chi connectivity index (χ3v) is 8.54. The Morgan fingerprint density at radius 3 is 2.16 bits per heavy atom. The van der Waals surface area contributed by atoms with Crippen molar-refractivity contribution in [1.82, 2.24) is 10.2 Å². The van der Waals surface area contributed by atoms with Gasteiger partial charge in [-0.15, -0.1) is 0 Å². The van der Waals surface area contributed by atoms with E-state index in [0.717, 1.165) is 29.2 Å². The third-order valence-electron chi connectivity index (χ3n) is 8.54. The summed E-state index contributed by atoms with van der Waals surface area (Å²) in [5, 5.41) is 3.13. The fourth-order valence-electron chi connectivity index (χ4n) is 7.30. The Morgan fingerprint density at radius 2 is 1.58 bits per heavy atom. The molecule has 31 heavy (non-hydrogen) atoms. The van der Waals surface area contributed by atoms with Crippen LogP contribution in [-0.4, -0.2) is 56.0 Å². The van der Waals surface area contributed by atoms with Crippen molar-refractivity contribution in [2.45, 2.75) is 51.5 Å². The van der Waals surface area contributed by atoms with E-state index in [2.05, 4.69) is 17.1 Å². The van der Waals surface area contributed by atoms with E-state index in [-0.39, 0.29) is 17.4 Å². The van der Waals surface area contributed by atoms with Crippen LogP contribution >= 0.6 is 0 Å². The third kappa shape index (κ3) is 3.79. The summed E-state index contributed by atoms with van der Waals surface area (Å²) >= 11 is 0. The minimum Gasteiger partial charge on any atom is -0.495 e. The quantitative estimate of drug-likeness (QED) is 0.753. The zero-order chi connectivity index (χ0) is 21.6. The number of nitrogens with zero attached hydrogens (tertiary/aromatic N) is 2. The Hall–Kier alpha value is -2.24. The number of piperazine rings is 1. The Labute approximate surface area is 185 Å². The average Bonchev–Trinajstić information content (AvgIpc) is 2.77. The number of methoxy groups -OCH3 is 1. The van der Waals surface area contributed by atoms with Gasteiger partial charge < -0.3 is 19.9 Å². The first kappa shape index (κ1) is 20.7. The highest BCUT2D eigenvalue weighted by molar-refractivity contribution is 6.35. The summed E-state index contributed by atoms with van der Waals surface area (Å²) in [4.78, 5) is 29.7. The smallest absolute Gasteiger partial charge is 0.312 e. The molecule has 1 atom stereocenters. The molecule has 6 heteroatoms. The van der Waals surface area contributed by atoms with Crippen LogP contribution < -0.4 is 15.0 Å². The van der Waals surface area contributed by atoms with Crippen molar-refractivity contribution in [2.24, 2.45) is 23.2 Å². The molecule has 168 valence electrons. The molecule has 1 heterocycles. The van der Waals surface area contributed by atoms with Gasteiger partial charge in [0.05, 0.1) is 12.8 Å². The predicted molar refractivity (Wildman–Crippen MR) is 120 cm³/mol. The molecule has 4 bridgehead atoms. The van der Waals surface area contributed by atoms with Crippen LogP contribution in [0.5, 0.6) is 5.75 Å². The van der Waals surface area contributed by atoms with Gasteiger partial charge in [0.1, 0.15) is 5.75 Å². The number of benzene rings is 1. The molecule has 4 saturated carbocycles. The van der Waals surface area contributed by atoms with Gasteiger partial charge in [0.15, 0.2) is 0 Å². The standard InChI is InChI=1S/C25H35N3O3/c1-17(25-14-18-11-19(15-25)13-20(12-18)16-25)26-23(29)24(30)28-9-7-27(8-10-28)21-5-3-4-6-22(21)31-2/h3-6,17-20H,7-16H2,1-2H3,(H,26,29). The largest absolute Gasteiger partial charge is 0.495 e. The second-order valence-corrected chi connectivity index (χ2v) is 10.4. The summed E-state index contributed by atoms with van der Waals surface area (Å²) < 4.78 is 5.47. The molecule has 4 aliphatic carbocycles. The lowest BCUT2D eigenvalue weighted by Gasteiger charge is -2.59. The van der Waals surface area contributed by atoms with Crippen LogP contribution in [0, 0.1) is 23.2 Å². The first-order valence-electron chi connectivity index (χ1n) is 11.9. The van der Waals surface area contributed by atoms with Gasteiger partial charge in [0.2, 0.25) is 0 Å². The fourth-order valence-corrected chi connectivity index (χ4v) is 7.30. The molecule has 5 fully saturated rings. The maximum absolute atomic E-state index is 12.9. The minimum absolute atomic E-state index is 0.0761. The van der Waals surface area contributed by atoms with E-state index in [1.807, 2.05) is 24.3 Å². The normalized spacial score (nSPS) is 32.6. The molecular weight excluding hydrogens is 390 g/mol. The van der Waals surface area contributed by atoms with Crippen molar-refractivity contribution in [2.75, 3.05) is 38.2 Å². The van der Waals surface area contributed by atoms with Crippen LogP contribution in [0.25, 0.3) is 0 Å². The van der Waals surface area contributed by atoms with Crippen molar-refractivity contribution in [3.63, 3.8) is 0 Å². The van der Waals surface area contributed by atoms with Crippen LogP contribution in [0.1, 0.15) is 45.4 Å². The zero-order valence-corrected chi connectivity index (χ0v) is 18.8. The van der Waals surface area contributed by atoms with Crippen molar-refractivity contribution in [3.05, 3.63) is 24.3 Å². The van der Waals surface area contributed by atoms with E-state index in [1.54, 1.807) is 12.0 Å². The van der Waals surface area contributed by atoms with Gasteiger partial charge in [0, 0.05) is 32.2 Å². The van der Waals surface area contributed by atoms with E-state index in [4.69, 9.17) is 4.74 Å². The van der Waals surface area contributed by atoms with Crippen molar-refractivity contribution in [3.8, 4) is 5.75 Å². The highest BCUT2D eigenvalue weighted by atomic mass is 16.5. The predicted octanol–water partition coefficient (Wildman–Crippen LogP) is 3.06. The molecule has 6 nitrogen and oxygen atoms in total. The Kier molecular flexibility index (Phi) is 5.35. The molecule has 1 aromatic carbocycles. The molecule has 1 N–H and O–H groups in total. The van der Waals surface area contributed by atoms with E-state index in [0.29, 0.717) is 26.2 Å². The van der Waals surface area contributed by atoms with Gasteiger partial charge in [0.25, 0.3) is 0 Å². The van der Waals surface area contributed by atoms with Gasteiger partial charge in [-0.1, -0.05) is 12.1 Å². The van der Waals surface area contributed by atoms with E-state index < -0.39 is 5.91 Å². The van der Waals surface area contributed by atoms with Crippen LogP contribution in [0.4, 0.5) is 5.69 Å². The maximum Gasteiger partial charge on any atom is 0.312 e. The fraction of sp³-hybridized carbons (Fsp3) is 0.680. The lowest BCUT2D eigenvalue weighted by atomic mass is 9.48. The van der Waals surface area contributed by atoms with Crippen LogP contribution in [0.15, 0.2) is 24.3 Å². The number of carbonyl (C=O) groups excluding carboxylic acids is 2. The number of carbonyl (C=O) groups is 2. The summed E-state index contributed by atoms with van der Waals surface area (Å²) in [6, 6.07) is 8.02. The first-order chi connectivity index (χ1) is 15.0. The monoisotopic (exact) mass is 425 g/mol. The Balaban J connectivity index is 1.17. The second-order valence-electron chi connectivity index (χ2n) is 10.4. The minimum atomic E-state index is -0.422. The lowest BCUT2D eigenvalue weighted by molar-refractivity contribution is -0.148. The molecule has 2 amide bonds. The number of nitrogens with one attached hydrogen (secondary N) is 1. The van der Waals surface area contributed by atoms with Crippen LogP contribution in [0.2, 0.25) is 0 Å². The number of ether oxygens (including phenoxy) is 1. The number of hydrogen-bond acceptors (Lipinski definition) is 4.